The number of nitrogens with zero attached hydrogens (tertiary/aromatic N) is 5. The summed E-state index contributed by atoms with van der Waals surface area (Å²) >= 11 is 0. The smallest absolute Gasteiger partial charge is 0.246 e. The molecule has 5 N–H and O–H groups in total. The number of hydrogen-bond acceptors (Lipinski definition) is 10. The van der Waals surface area contributed by atoms with Gasteiger partial charge in [0.2, 0.25) is 17.5 Å². The quantitative estimate of drug-likeness (QED) is 0.473. The Bertz CT molecular complexity index is 663. The van der Waals surface area contributed by atoms with Gasteiger partial charge in [-0.3, -0.25) is 0 Å². The van der Waals surface area contributed by atoms with E-state index >= 15 is 0 Å². The largest absolute Gasteiger partial charge is 0.479 e. The first-order valence-electron chi connectivity index (χ1n) is 6.11. The van der Waals surface area contributed by atoms with E-state index in [-0.39, 0.29) is 23.0 Å². The lowest BCUT2D eigenvalue weighted by molar-refractivity contribution is -0.0573. The number of aliphatic hydroxyl groups is 3. The second kappa shape index (κ2) is 5.04. The van der Waals surface area contributed by atoms with Gasteiger partial charge in [-0.2, -0.15) is 9.97 Å². The maximum absolute atomic E-state index is 10.0. The average Bonchev–Trinajstić information content (AvgIpc) is 3.00. The Morgan fingerprint density at radius 3 is 2.71 bits per heavy atom. The van der Waals surface area contributed by atoms with Gasteiger partial charge in [0, 0.05) is 0 Å². The molecule has 0 saturated carbocycles. The number of fused-ring (bicyclic) bond motifs is 1. The van der Waals surface area contributed by atoms with E-state index in [2.05, 4.69) is 20.3 Å². The highest BCUT2D eigenvalue weighted by Gasteiger charge is 2.45. The van der Waals surface area contributed by atoms with Crippen LogP contribution in [0, 0.1) is 0 Å². The zero-order chi connectivity index (χ0) is 15.1. The van der Waals surface area contributed by atoms with Crippen LogP contribution in [0.25, 0.3) is 11.2 Å². The van der Waals surface area contributed by atoms with E-state index in [0.29, 0.717) is 0 Å². The fraction of sp³-hybridized carbons (Fsp3) is 0.600. The minimum absolute atomic E-state index is 0.0347. The number of rotatable bonds is 3. The van der Waals surface area contributed by atoms with Gasteiger partial charge in [-0.25, -0.2) is 4.68 Å². The third-order valence-corrected chi connectivity index (χ3v) is 3.27. The summed E-state index contributed by atoms with van der Waals surface area (Å²) in [7, 11) is 1.38. The molecule has 1 fully saturated rings. The molecule has 0 amide bonds. The maximum Gasteiger partial charge on any atom is 0.246 e. The molecule has 0 radical (unpaired) electrons. The fourth-order valence-corrected chi connectivity index (χ4v) is 2.25. The summed E-state index contributed by atoms with van der Waals surface area (Å²) in [5, 5.41) is 36.6. The number of hydrogen-bond donors (Lipinski definition) is 4. The first-order chi connectivity index (χ1) is 10.1. The van der Waals surface area contributed by atoms with Crippen molar-refractivity contribution in [2.24, 2.45) is 0 Å². The Labute approximate surface area is 117 Å². The van der Waals surface area contributed by atoms with Gasteiger partial charge in [0.05, 0.1) is 13.7 Å². The number of aliphatic hydroxyl groups excluding tert-OH is 3. The highest BCUT2D eigenvalue weighted by Crippen LogP contribution is 2.32. The fourth-order valence-electron chi connectivity index (χ4n) is 2.25. The Morgan fingerprint density at radius 1 is 1.33 bits per heavy atom. The SMILES string of the molecule is COc1nc(N)nc2nnn(C3OC(CO)C(O)C3O)c12. The lowest BCUT2D eigenvalue weighted by Crippen LogP contribution is -2.33. The molecule has 114 valence electrons. The number of methoxy groups -OCH3 is 1. The third kappa shape index (κ3) is 2.06. The van der Waals surface area contributed by atoms with Crippen molar-refractivity contribution in [2.75, 3.05) is 19.5 Å². The van der Waals surface area contributed by atoms with Crippen LogP contribution in [0.3, 0.4) is 0 Å². The van der Waals surface area contributed by atoms with Gasteiger partial charge in [0.15, 0.2) is 11.7 Å². The van der Waals surface area contributed by atoms with Gasteiger partial charge < -0.3 is 30.5 Å². The molecule has 0 spiro atoms. The number of nitrogens with two attached hydrogens (primary N) is 1. The summed E-state index contributed by atoms with van der Waals surface area (Å²) in [5.74, 6) is 0.0767. The van der Waals surface area contributed by atoms with Gasteiger partial charge >= 0.3 is 0 Å². The van der Waals surface area contributed by atoms with Crippen LogP contribution in [-0.4, -0.2) is 72.3 Å². The molecule has 4 unspecified atom stereocenters. The van der Waals surface area contributed by atoms with Crippen molar-refractivity contribution in [2.45, 2.75) is 24.5 Å². The summed E-state index contributed by atoms with van der Waals surface area (Å²) in [6.07, 6.45) is -4.53. The minimum Gasteiger partial charge on any atom is -0.479 e. The number of aromatic nitrogens is 5. The highest BCUT2D eigenvalue weighted by molar-refractivity contribution is 5.76. The van der Waals surface area contributed by atoms with Crippen molar-refractivity contribution in [3.05, 3.63) is 0 Å². The molecule has 1 aliphatic rings. The van der Waals surface area contributed by atoms with Crippen molar-refractivity contribution in [3.8, 4) is 5.88 Å². The molecular formula is C10H14N6O5. The summed E-state index contributed by atoms with van der Waals surface area (Å²) < 4.78 is 11.7. The number of nitrogen functional groups attached to an aromatic ring is 1. The van der Waals surface area contributed by atoms with Gasteiger partial charge in [-0.05, 0) is 0 Å². The highest BCUT2D eigenvalue weighted by atomic mass is 16.6. The van der Waals surface area contributed by atoms with Gasteiger partial charge in [-0.15, -0.1) is 5.10 Å². The Kier molecular flexibility index (Phi) is 3.33. The van der Waals surface area contributed by atoms with Crippen molar-refractivity contribution in [1.29, 1.82) is 0 Å². The molecule has 21 heavy (non-hydrogen) atoms. The maximum atomic E-state index is 10.0. The predicted molar refractivity (Wildman–Crippen MR) is 67.1 cm³/mol. The van der Waals surface area contributed by atoms with Crippen LogP contribution in [0.15, 0.2) is 0 Å². The van der Waals surface area contributed by atoms with Crippen molar-refractivity contribution < 1.29 is 24.8 Å². The molecule has 2 aromatic heterocycles. The van der Waals surface area contributed by atoms with Gasteiger partial charge in [0.25, 0.3) is 0 Å². The molecule has 3 rings (SSSR count). The molecule has 0 aromatic carbocycles. The van der Waals surface area contributed by atoms with E-state index in [1.54, 1.807) is 0 Å². The Hall–Kier alpha value is -2.08. The van der Waals surface area contributed by atoms with Crippen LogP contribution in [0.5, 0.6) is 5.88 Å². The number of anilines is 1. The Morgan fingerprint density at radius 2 is 2.10 bits per heavy atom. The minimum atomic E-state index is -1.30. The monoisotopic (exact) mass is 298 g/mol. The van der Waals surface area contributed by atoms with Gasteiger partial charge in [0.1, 0.15) is 18.3 Å². The summed E-state index contributed by atoms with van der Waals surface area (Å²) in [4.78, 5) is 7.80. The lowest BCUT2D eigenvalue weighted by Gasteiger charge is -2.15. The standard InChI is InChI=1S/C10H14N6O5/c1-20-8-4-7(12-10(11)13-8)14-15-16(4)9-6(19)5(18)3(2-17)21-9/h3,5-6,9,17-19H,2H2,1H3,(H2,11,12,13). The topological polar surface area (TPSA) is 162 Å². The van der Waals surface area contributed by atoms with E-state index in [9.17, 15) is 10.2 Å². The second-order valence-corrected chi connectivity index (χ2v) is 4.53. The van der Waals surface area contributed by atoms with Crippen molar-refractivity contribution >= 4 is 17.1 Å². The van der Waals surface area contributed by atoms with Crippen LogP contribution in [0.4, 0.5) is 5.95 Å². The van der Waals surface area contributed by atoms with Crippen molar-refractivity contribution in [3.63, 3.8) is 0 Å². The molecule has 0 aliphatic carbocycles. The predicted octanol–water partition coefficient (Wildman–Crippen LogP) is -2.58. The van der Waals surface area contributed by atoms with Crippen LogP contribution >= 0.6 is 0 Å². The second-order valence-electron chi connectivity index (χ2n) is 4.53. The van der Waals surface area contributed by atoms with E-state index < -0.39 is 31.1 Å². The molecule has 11 heteroatoms. The molecular weight excluding hydrogens is 284 g/mol. The zero-order valence-electron chi connectivity index (χ0n) is 11.0. The molecule has 1 saturated heterocycles. The van der Waals surface area contributed by atoms with Crippen LogP contribution in [0.2, 0.25) is 0 Å². The van der Waals surface area contributed by atoms with E-state index in [4.69, 9.17) is 20.3 Å². The first kappa shape index (κ1) is 13.9. The van der Waals surface area contributed by atoms with Crippen LogP contribution in [-0.2, 0) is 4.74 Å². The molecule has 1 aliphatic heterocycles. The normalized spacial score (nSPS) is 29.1. The third-order valence-electron chi connectivity index (χ3n) is 3.27. The summed E-state index contributed by atoms with van der Waals surface area (Å²) in [5.41, 5.74) is 5.95. The molecule has 4 atom stereocenters. The molecule has 0 bridgehead atoms. The van der Waals surface area contributed by atoms with Crippen LogP contribution in [0.1, 0.15) is 6.23 Å². The first-order valence-corrected chi connectivity index (χ1v) is 6.11. The van der Waals surface area contributed by atoms with E-state index in [1.165, 1.54) is 11.8 Å². The molecule has 11 nitrogen and oxygen atoms in total. The number of ether oxygens (including phenoxy) is 2. The Balaban J connectivity index is 2.09. The summed E-state index contributed by atoms with van der Waals surface area (Å²) in [6, 6.07) is 0. The molecule has 3 heterocycles. The van der Waals surface area contributed by atoms with E-state index in [1.807, 2.05) is 0 Å². The van der Waals surface area contributed by atoms with Gasteiger partial charge in [-0.1, -0.05) is 5.21 Å². The lowest BCUT2D eigenvalue weighted by atomic mass is 10.1. The summed E-state index contributed by atoms with van der Waals surface area (Å²) in [6.45, 7) is -0.443. The van der Waals surface area contributed by atoms with E-state index in [0.717, 1.165) is 0 Å². The average molecular weight is 298 g/mol. The zero-order valence-corrected chi connectivity index (χ0v) is 11.0. The van der Waals surface area contributed by atoms with Crippen molar-refractivity contribution in [1.82, 2.24) is 25.0 Å². The van der Waals surface area contributed by atoms with Crippen LogP contribution < -0.4 is 10.5 Å². The molecule has 2 aromatic rings.